The van der Waals surface area contributed by atoms with Crippen LogP contribution in [0.3, 0.4) is 0 Å². The molecule has 4 nitrogen and oxygen atoms in total. The summed E-state index contributed by atoms with van der Waals surface area (Å²) in [4.78, 5) is 12.0. The Kier molecular flexibility index (Phi) is 5.59. The second-order valence-corrected chi connectivity index (χ2v) is 9.88. The molecule has 1 amide bonds. The molecule has 0 aliphatic heterocycles. The SMILES string of the molecule is CCCC(CNC(=O)OC(C)(C)C)NC1C(C)(C)[C@H]2CC[C@]1(C)C2. The molecule has 2 unspecified atom stereocenters. The molecule has 2 fully saturated rings. The molecule has 2 aliphatic carbocycles. The molecule has 0 radical (unpaired) electrons. The fourth-order valence-corrected chi connectivity index (χ4v) is 5.07. The Morgan fingerprint density at radius 2 is 1.96 bits per heavy atom. The van der Waals surface area contributed by atoms with Crippen LogP contribution in [0.1, 0.15) is 80.6 Å². The molecule has 0 aromatic rings. The quantitative estimate of drug-likeness (QED) is 0.750. The molecule has 2 bridgehead atoms. The van der Waals surface area contributed by atoms with E-state index in [1.165, 1.54) is 19.3 Å². The van der Waals surface area contributed by atoms with Gasteiger partial charge in [-0.05, 0) is 63.2 Å². The first kappa shape index (κ1) is 19.6. The maximum Gasteiger partial charge on any atom is 0.407 e. The van der Waals surface area contributed by atoms with E-state index < -0.39 is 5.60 Å². The number of alkyl carbamates (subject to hydrolysis) is 1. The van der Waals surface area contributed by atoms with Gasteiger partial charge in [0.2, 0.25) is 0 Å². The van der Waals surface area contributed by atoms with Crippen LogP contribution in [0.2, 0.25) is 0 Å². The van der Waals surface area contributed by atoms with Crippen molar-refractivity contribution in [2.45, 2.75) is 98.3 Å². The third-order valence-electron chi connectivity index (χ3n) is 6.20. The van der Waals surface area contributed by atoms with Gasteiger partial charge in [0.1, 0.15) is 5.60 Å². The van der Waals surface area contributed by atoms with Crippen molar-refractivity contribution in [3.63, 3.8) is 0 Å². The van der Waals surface area contributed by atoms with Crippen LogP contribution in [0.5, 0.6) is 0 Å². The zero-order valence-electron chi connectivity index (χ0n) is 16.8. The molecule has 0 aromatic carbocycles. The molecule has 2 aliphatic rings. The number of ether oxygens (including phenoxy) is 1. The summed E-state index contributed by atoms with van der Waals surface area (Å²) in [6, 6.07) is 0.837. The van der Waals surface area contributed by atoms with E-state index in [4.69, 9.17) is 4.74 Å². The first-order chi connectivity index (χ1) is 11.0. The first-order valence-corrected chi connectivity index (χ1v) is 9.71. The van der Waals surface area contributed by atoms with E-state index in [0.29, 0.717) is 29.5 Å². The van der Waals surface area contributed by atoms with Crippen LogP contribution in [0, 0.1) is 16.7 Å². The maximum atomic E-state index is 12.0. The molecule has 2 N–H and O–H groups in total. The lowest BCUT2D eigenvalue weighted by Crippen LogP contribution is -2.56. The second-order valence-electron chi connectivity index (χ2n) is 9.88. The summed E-state index contributed by atoms with van der Waals surface area (Å²) < 4.78 is 5.37. The summed E-state index contributed by atoms with van der Waals surface area (Å²) >= 11 is 0. The Morgan fingerprint density at radius 1 is 1.29 bits per heavy atom. The van der Waals surface area contributed by atoms with Crippen molar-refractivity contribution in [1.82, 2.24) is 10.6 Å². The minimum Gasteiger partial charge on any atom is -0.444 e. The standard InChI is InChI=1S/C20H38N2O2/c1-8-9-15(13-21-17(23)24-18(2,3)4)22-16-19(5,6)14-10-11-20(16,7)12-14/h14-16,22H,8-13H2,1-7H3,(H,21,23)/t14-,15?,16?,20+/m0/s1. The highest BCUT2D eigenvalue weighted by Crippen LogP contribution is 2.62. The molecule has 4 atom stereocenters. The monoisotopic (exact) mass is 338 g/mol. The smallest absolute Gasteiger partial charge is 0.407 e. The zero-order chi connectivity index (χ0) is 18.2. The normalized spacial score (nSPS) is 32.6. The topological polar surface area (TPSA) is 50.4 Å². The van der Waals surface area contributed by atoms with Gasteiger partial charge in [0.25, 0.3) is 0 Å². The van der Waals surface area contributed by atoms with Crippen molar-refractivity contribution in [1.29, 1.82) is 0 Å². The van der Waals surface area contributed by atoms with Gasteiger partial charge in [-0.2, -0.15) is 0 Å². The van der Waals surface area contributed by atoms with Gasteiger partial charge in [0.05, 0.1) is 0 Å². The van der Waals surface area contributed by atoms with Gasteiger partial charge >= 0.3 is 6.09 Å². The van der Waals surface area contributed by atoms with Gasteiger partial charge in [-0.15, -0.1) is 0 Å². The van der Waals surface area contributed by atoms with Crippen molar-refractivity contribution in [3.05, 3.63) is 0 Å². The number of amides is 1. The van der Waals surface area contributed by atoms with E-state index in [9.17, 15) is 4.79 Å². The lowest BCUT2D eigenvalue weighted by molar-refractivity contribution is 0.0510. The van der Waals surface area contributed by atoms with Gasteiger partial charge in [0, 0.05) is 18.6 Å². The van der Waals surface area contributed by atoms with Crippen molar-refractivity contribution in [2.75, 3.05) is 6.54 Å². The zero-order valence-corrected chi connectivity index (χ0v) is 16.8. The summed E-state index contributed by atoms with van der Waals surface area (Å²) in [5.41, 5.74) is 0.300. The van der Waals surface area contributed by atoms with E-state index in [-0.39, 0.29) is 6.09 Å². The van der Waals surface area contributed by atoms with Gasteiger partial charge in [-0.25, -0.2) is 4.79 Å². The molecule has 0 saturated heterocycles. The van der Waals surface area contributed by atoms with E-state index in [1.807, 2.05) is 20.8 Å². The molecule has 140 valence electrons. The molecule has 2 saturated carbocycles. The summed E-state index contributed by atoms with van der Waals surface area (Å²) in [6.45, 7) is 15.8. The average Bonchev–Trinajstić information content (AvgIpc) is 2.90. The molecular formula is C20H38N2O2. The van der Waals surface area contributed by atoms with E-state index in [1.54, 1.807) is 0 Å². The highest BCUT2D eigenvalue weighted by atomic mass is 16.6. The summed E-state index contributed by atoms with van der Waals surface area (Å²) in [5.74, 6) is 0.834. The van der Waals surface area contributed by atoms with Crippen LogP contribution in [-0.4, -0.2) is 30.3 Å². The van der Waals surface area contributed by atoms with Gasteiger partial charge in [-0.1, -0.05) is 34.1 Å². The lowest BCUT2D eigenvalue weighted by atomic mass is 9.68. The number of rotatable bonds is 6. The van der Waals surface area contributed by atoms with Crippen molar-refractivity contribution in [3.8, 4) is 0 Å². The van der Waals surface area contributed by atoms with Gasteiger partial charge in [0.15, 0.2) is 0 Å². The Morgan fingerprint density at radius 3 is 2.46 bits per heavy atom. The fraction of sp³-hybridized carbons (Fsp3) is 0.950. The molecule has 0 spiro atoms. The highest BCUT2D eigenvalue weighted by molar-refractivity contribution is 5.67. The van der Waals surface area contributed by atoms with Crippen molar-refractivity contribution >= 4 is 6.09 Å². The fourth-order valence-electron chi connectivity index (χ4n) is 5.07. The highest BCUT2D eigenvalue weighted by Gasteiger charge is 2.59. The van der Waals surface area contributed by atoms with Gasteiger partial charge in [-0.3, -0.25) is 0 Å². The molecular weight excluding hydrogens is 300 g/mol. The maximum absolute atomic E-state index is 12.0. The third-order valence-corrected chi connectivity index (χ3v) is 6.20. The van der Waals surface area contributed by atoms with E-state index in [0.717, 1.165) is 18.8 Å². The number of hydrogen-bond donors (Lipinski definition) is 2. The minimum absolute atomic E-state index is 0.308. The average molecular weight is 339 g/mol. The van der Waals surface area contributed by atoms with E-state index >= 15 is 0 Å². The molecule has 2 rings (SSSR count). The molecule has 0 aromatic heterocycles. The molecule has 4 heteroatoms. The Bertz CT molecular complexity index is 450. The number of fused-ring (bicyclic) bond motifs is 2. The van der Waals surface area contributed by atoms with Crippen molar-refractivity contribution < 1.29 is 9.53 Å². The molecule has 0 heterocycles. The van der Waals surface area contributed by atoms with Gasteiger partial charge < -0.3 is 15.4 Å². The lowest BCUT2D eigenvalue weighted by Gasteiger charge is -2.45. The summed E-state index contributed by atoms with van der Waals surface area (Å²) in [5, 5.41) is 6.89. The van der Waals surface area contributed by atoms with Crippen molar-refractivity contribution in [2.24, 2.45) is 16.7 Å². The third kappa shape index (κ3) is 4.25. The summed E-state index contributed by atoms with van der Waals surface area (Å²) in [7, 11) is 0. The first-order valence-electron chi connectivity index (χ1n) is 9.71. The Hall–Kier alpha value is -0.770. The number of hydrogen-bond acceptors (Lipinski definition) is 3. The Labute approximate surface area is 148 Å². The van der Waals surface area contributed by atoms with Crippen LogP contribution in [-0.2, 0) is 4.74 Å². The predicted octanol–water partition coefficient (Wildman–Crippen LogP) is 4.48. The van der Waals surface area contributed by atoms with Crippen LogP contribution >= 0.6 is 0 Å². The van der Waals surface area contributed by atoms with Crippen LogP contribution in [0.15, 0.2) is 0 Å². The van der Waals surface area contributed by atoms with E-state index in [2.05, 4.69) is 38.3 Å². The minimum atomic E-state index is -0.447. The Balaban J connectivity index is 1.95. The predicted molar refractivity (Wildman–Crippen MR) is 99.1 cm³/mol. The van der Waals surface area contributed by atoms with Crippen LogP contribution < -0.4 is 10.6 Å². The van der Waals surface area contributed by atoms with Crippen LogP contribution in [0.25, 0.3) is 0 Å². The molecule has 24 heavy (non-hydrogen) atoms. The number of carbonyl (C=O) groups is 1. The number of nitrogens with one attached hydrogen (secondary N) is 2. The number of carbonyl (C=O) groups excluding carboxylic acids is 1. The largest absolute Gasteiger partial charge is 0.444 e. The van der Waals surface area contributed by atoms with Crippen LogP contribution in [0.4, 0.5) is 4.79 Å². The second kappa shape index (κ2) is 6.86. The summed E-state index contributed by atoms with van der Waals surface area (Å²) in [6.07, 6.45) is 5.91.